The zero-order chi connectivity index (χ0) is 11.8. The molecule has 0 spiro atoms. The highest BCUT2D eigenvalue weighted by molar-refractivity contribution is 6.34. The number of hydrogen-bond donors (Lipinski definition) is 1. The van der Waals surface area contributed by atoms with Crippen molar-refractivity contribution < 1.29 is 18.0 Å². The number of hydrogen-bond acceptors (Lipinski definition) is 2. The van der Waals surface area contributed by atoms with Crippen LogP contribution in [0.25, 0.3) is 0 Å². The fraction of sp³-hybridized carbons (Fsp3) is 0.143. The number of alkyl halides is 3. The summed E-state index contributed by atoms with van der Waals surface area (Å²) in [5, 5.41) is -1.13. The zero-order valence-electron chi connectivity index (χ0n) is 6.90. The van der Waals surface area contributed by atoms with E-state index in [0.717, 1.165) is 0 Å². The van der Waals surface area contributed by atoms with Gasteiger partial charge in [-0.15, -0.1) is 0 Å². The van der Waals surface area contributed by atoms with Gasteiger partial charge in [0.15, 0.2) is 0 Å². The summed E-state index contributed by atoms with van der Waals surface area (Å²) in [6.45, 7) is 0. The average Bonchev–Trinajstić information content (AvgIpc) is 1.99. The smallest absolute Gasteiger partial charge is 0.365 e. The summed E-state index contributed by atoms with van der Waals surface area (Å²) in [6.07, 6.45) is -4.76. The summed E-state index contributed by atoms with van der Waals surface area (Å²) in [7, 11) is 0. The molecule has 1 aromatic heterocycles. The Morgan fingerprint density at radius 2 is 1.93 bits per heavy atom. The Bertz CT molecular complexity index is 419. The average molecular weight is 259 g/mol. The third-order valence-electron chi connectivity index (χ3n) is 1.50. The van der Waals surface area contributed by atoms with E-state index >= 15 is 0 Å². The van der Waals surface area contributed by atoms with Gasteiger partial charge in [0, 0.05) is 0 Å². The van der Waals surface area contributed by atoms with Gasteiger partial charge in [-0.2, -0.15) is 13.2 Å². The Morgan fingerprint density at radius 3 is 2.33 bits per heavy atom. The van der Waals surface area contributed by atoms with Crippen molar-refractivity contribution in [3.63, 3.8) is 0 Å². The molecule has 0 aromatic carbocycles. The molecular formula is C7H3Cl2F3N2O. The predicted octanol–water partition coefficient (Wildman–Crippen LogP) is 2.51. The van der Waals surface area contributed by atoms with Gasteiger partial charge in [0.1, 0.15) is 10.3 Å². The molecule has 82 valence electrons. The van der Waals surface area contributed by atoms with Crippen LogP contribution < -0.4 is 5.73 Å². The van der Waals surface area contributed by atoms with Crippen LogP contribution in [0.1, 0.15) is 15.9 Å². The van der Waals surface area contributed by atoms with Crippen LogP contribution in [0.5, 0.6) is 0 Å². The molecule has 15 heavy (non-hydrogen) atoms. The molecule has 0 aliphatic rings. The standard InChI is InChI=1S/C7H3Cl2F3N2O/c8-3-1-2(7(10,11)12)4(6(13)15)5(9)14-3/h1H,(H2,13,15). The van der Waals surface area contributed by atoms with Crippen molar-refractivity contribution in [1.29, 1.82) is 0 Å². The summed E-state index contributed by atoms with van der Waals surface area (Å²) in [6, 6.07) is 0.494. The molecular weight excluding hydrogens is 256 g/mol. The molecule has 1 rings (SSSR count). The van der Waals surface area contributed by atoms with Gasteiger partial charge in [-0.25, -0.2) is 4.98 Å². The number of rotatable bonds is 1. The minimum atomic E-state index is -4.76. The number of pyridine rings is 1. The maximum Gasteiger partial charge on any atom is 0.417 e. The van der Waals surface area contributed by atoms with Crippen molar-refractivity contribution in [1.82, 2.24) is 4.98 Å². The number of amides is 1. The van der Waals surface area contributed by atoms with Gasteiger partial charge in [-0.05, 0) is 6.07 Å². The van der Waals surface area contributed by atoms with Crippen molar-refractivity contribution in [2.75, 3.05) is 0 Å². The van der Waals surface area contributed by atoms with Crippen LogP contribution in [0.3, 0.4) is 0 Å². The molecule has 0 radical (unpaired) electrons. The summed E-state index contributed by atoms with van der Waals surface area (Å²) >= 11 is 10.6. The van der Waals surface area contributed by atoms with Crippen molar-refractivity contribution in [2.45, 2.75) is 6.18 Å². The molecule has 0 saturated heterocycles. The normalized spacial score (nSPS) is 11.5. The first-order valence-electron chi connectivity index (χ1n) is 3.46. The third-order valence-corrected chi connectivity index (χ3v) is 1.96. The molecule has 0 fully saturated rings. The second-order valence-corrected chi connectivity index (χ2v) is 3.27. The monoisotopic (exact) mass is 258 g/mol. The molecule has 1 heterocycles. The Labute approximate surface area is 92.0 Å². The summed E-state index contributed by atoms with van der Waals surface area (Å²) in [5.74, 6) is -1.31. The van der Waals surface area contributed by atoms with Crippen molar-refractivity contribution in [2.24, 2.45) is 5.73 Å². The zero-order valence-corrected chi connectivity index (χ0v) is 8.41. The first kappa shape index (κ1) is 12.1. The fourth-order valence-corrected chi connectivity index (χ4v) is 1.47. The Balaban J connectivity index is 3.54. The van der Waals surface area contributed by atoms with E-state index in [1.165, 1.54) is 0 Å². The number of nitrogens with zero attached hydrogens (tertiary/aromatic N) is 1. The van der Waals surface area contributed by atoms with Crippen LogP contribution in [0.15, 0.2) is 6.07 Å². The lowest BCUT2D eigenvalue weighted by Gasteiger charge is -2.11. The van der Waals surface area contributed by atoms with Gasteiger partial charge in [-0.1, -0.05) is 23.2 Å². The summed E-state index contributed by atoms with van der Waals surface area (Å²) in [5.41, 5.74) is 2.58. The highest BCUT2D eigenvalue weighted by Gasteiger charge is 2.37. The topological polar surface area (TPSA) is 56.0 Å². The molecule has 0 bridgehead atoms. The number of nitrogens with two attached hydrogens (primary N) is 1. The van der Waals surface area contributed by atoms with E-state index in [1.54, 1.807) is 0 Å². The van der Waals surface area contributed by atoms with Crippen molar-refractivity contribution in [3.8, 4) is 0 Å². The molecule has 3 nitrogen and oxygen atoms in total. The summed E-state index contributed by atoms with van der Waals surface area (Å²) in [4.78, 5) is 14.1. The molecule has 8 heteroatoms. The van der Waals surface area contributed by atoms with E-state index in [2.05, 4.69) is 4.98 Å². The summed E-state index contributed by atoms with van der Waals surface area (Å²) < 4.78 is 37.2. The Kier molecular flexibility index (Phi) is 3.11. The van der Waals surface area contributed by atoms with E-state index in [-0.39, 0.29) is 0 Å². The van der Waals surface area contributed by atoms with E-state index < -0.39 is 33.5 Å². The molecule has 1 amide bonds. The SMILES string of the molecule is NC(=O)c1c(C(F)(F)F)cc(Cl)nc1Cl. The number of primary amides is 1. The van der Waals surface area contributed by atoms with Gasteiger partial charge < -0.3 is 5.73 Å². The lowest BCUT2D eigenvalue weighted by molar-refractivity contribution is -0.138. The Hall–Kier alpha value is -1.01. The van der Waals surface area contributed by atoms with Gasteiger partial charge in [0.2, 0.25) is 0 Å². The molecule has 0 aliphatic carbocycles. The van der Waals surface area contributed by atoms with E-state index in [9.17, 15) is 18.0 Å². The van der Waals surface area contributed by atoms with E-state index in [1.807, 2.05) is 0 Å². The van der Waals surface area contributed by atoms with E-state index in [4.69, 9.17) is 28.9 Å². The quantitative estimate of drug-likeness (QED) is 0.787. The van der Waals surface area contributed by atoms with Gasteiger partial charge in [-0.3, -0.25) is 4.79 Å². The maximum absolute atomic E-state index is 12.4. The first-order chi connectivity index (χ1) is 6.73. The highest BCUT2D eigenvalue weighted by atomic mass is 35.5. The van der Waals surface area contributed by atoms with Crippen LogP contribution in [-0.4, -0.2) is 10.9 Å². The van der Waals surface area contributed by atoms with Crippen LogP contribution in [0.4, 0.5) is 13.2 Å². The molecule has 0 saturated carbocycles. The number of halogens is 5. The molecule has 2 N–H and O–H groups in total. The maximum atomic E-state index is 12.4. The lowest BCUT2D eigenvalue weighted by Crippen LogP contribution is -2.20. The molecule has 1 aromatic rings. The van der Waals surface area contributed by atoms with Gasteiger partial charge >= 0.3 is 6.18 Å². The second kappa shape index (κ2) is 3.86. The Morgan fingerprint density at radius 1 is 1.40 bits per heavy atom. The minimum absolute atomic E-state index is 0.461. The molecule has 0 atom stereocenters. The largest absolute Gasteiger partial charge is 0.417 e. The highest BCUT2D eigenvalue weighted by Crippen LogP contribution is 2.35. The number of carbonyl (C=O) groups is 1. The van der Waals surface area contributed by atoms with Crippen molar-refractivity contribution in [3.05, 3.63) is 27.5 Å². The van der Waals surface area contributed by atoms with Crippen LogP contribution in [-0.2, 0) is 6.18 Å². The van der Waals surface area contributed by atoms with Gasteiger partial charge in [0.25, 0.3) is 5.91 Å². The predicted molar refractivity (Wildman–Crippen MR) is 47.8 cm³/mol. The third kappa shape index (κ3) is 2.51. The van der Waals surface area contributed by atoms with Gasteiger partial charge in [0.05, 0.1) is 11.1 Å². The second-order valence-electron chi connectivity index (χ2n) is 2.52. The van der Waals surface area contributed by atoms with E-state index in [0.29, 0.717) is 6.07 Å². The van der Waals surface area contributed by atoms with Crippen LogP contribution in [0.2, 0.25) is 10.3 Å². The lowest BCUT2D eigenvalue weighted by atomic mass is 10.1. The van der Waals surface area contributed by atoms with Crippen LogP contribution in [0, 0.1) is 0 Å². The molecule has 0 unspecified atom stereocenters. The van der Waals surface area contributed by atoms with Crippen LogP contribution >= 0.6 is 23.2 Å². The number of carbonyl (C=O) groups excluding carboxylic acids is 1. The molecule has 0 aliphatic heterocycles. The fourth-order valence-electron chi connectivity index (χ4n) is 0.942. The van der Waals surface area contributed by atoms with Crippen molar-refractivity contribution >= 4 is 29.1 Å². The number of aromatic nitrogens is 1. The minimum Gasteiger partial charge on any atom is -0.365 e. The first-order valence-corrected chi connectivity index (χ1v) is 4.22.